The Hall–Kier alpha value is -0.590. The summed E-state index contributed by atoms with van der Waals surface area (Å²) in [6, 6.07) is 0. The van der Waals surface area contributed by atoms with Gasteiger partial charge in [0.05, 0.1) is 0 Å². The van der Waals surface area contributed by atoms with Crippen molar-refractivity contribution in [2.24, 2.45) is 5.92 Å². The van der Waals surface area contributed by atoms with Gasteiger partial charge in [0.25, 0.3) is 0 Å². The molecule has 93 valence electrons. The number of allylic oxidation sites excluding steroid dienone is 1. The predicted molar refractivity (Wildman–Crippen MR) is 71.3 cm³/mol. The van der Waals surface area contributed by atoms with Crippen molar-refractivity contribution >= 4 is 5.78 Å². The lowest BCUT2D eigenvalue weighted by molar-refractivity contribution is -0.114. The molecular weight excluding hydrogens is 196 g/mol. The van der Waals surface area contributed by atoms with Gasteiger partial charge < -0.3 is 0 Å². The number of hydrogen-bond acceptors (Lipinski definition) is 1. The molecule has 1 radical (unpaired) electrons. The van der Waals surface area contributed by atoms with Crippen LogP contribution < -0.4 is 0 Å². The van der Waals surface area contributed by atoms with Crippen LogP contribution in [0.4, 0.5) is 0 Å². The van der Waals surface area contributed by atoms with E-state index in [1.165, 1.54) is 38.5 Å². The zero-order valence-corrected chi connectivity index (χ0v) is 10.8. The highest BCUT2D eigenvalue weighted by Crippen LogP contribution is 2.15. The highest BCUT2D eigenvalue weighted by Gasteiger charge is 1.99. The topological polar surface area (TPSA) is 17.1 Å². The van der Waals surface area contributed by atoms with Crippen molar-refractivity contribution in [3.05, 3.63) is 19.6 Å². The van der Waals surface area contributed by atoms with Gasteiger partial charge in [0.1, 0.15) is 5.78 Å². The third kappa shape index (κ3) is 11.5. The summed E-state index contributed by atoms with van der Waals surface area (Å²) in [5.41, 5.74) is 0. The Morgan fingerprint density at radius 3 is 2.25 bits per heavy atom. The standard InChI is InChI=1S/C15H27O/c1-4-11-14(2)12-9-7-5-6-8-10-13-15(3)16/h4,14H,1,3,5-13H2,2H3/t14-/m0/s1. The Kier molecular flexibility index (Phi) is 10.5. The molecule has 1 nitrogen and oxygen atoms in total. The lowest BCUT2D eigenvalue weighted by Gasteiger charge is -2.07. The fourth-order valence-corrected chi connectivity index (χ4v) is 1.92. The van der Waals surface area contributed by atoms with Crippen LogP contribution in [0.5, 0.6) is 0 Å². The molecule has 0 unspecified atom stereocenters. The number of rotatable bonds is 11. The van der Waals surface area contributed by atoms with E-state index >= 15 is 0 Å². The summed E-state index contributed by atoms with van der Waals surface area (Å²) in [5.74, 6) is 0.875. The molecule has 0 amide bonds. The van der Waals surface area contributed by atoms with E-state index in [9.17, 15) is 4.79 Å². The van der Waals surface area contributed by atoms with E-state index in [0.717, 1.165) is 18.8 Å². The van der Waals surface area contributed by atoms with Gasteiger partial charge >= 0.3 is 0 Å². The largest absolute Gasteiger partial charge is 0.300 e. The monoisotopic (exact) mass is 223 g/mol. The molecule has 0 aromatic carbocycles. The molecule has 0 bridgehead atoms. The molecule has 0 fully saturated rings. The highest BCUT2D eigenvalue weighted by molar-refractivity contribution is 5.82. The molecule has 1 heteroatoms. The van der Waals surface area contributed by atoms with Crippen molar-refractivity contribution in [1.29, 1.82) is 0 Å². The van der Waals surface area contributed by atoms with Crippen LogP contribution in [-0.2, 0) is 4.79 Å². The number of unbranched alkanes of at least 4 members (excludes halogenated alkanes) is 5. The van der Waals surface area contributed by atoms with Crippen LogP contribution >= 0.6 is 0 Å². The Bertz CT molecular complexity index is 184. The molecule has 0 aliphatic rings. The van der Waals surface area contributed by atoms with Gasteiger partial charge in [0.15, 0.2) is 0 Å². The van der Waals surface area contributed by atoms with Gasteiger partial charge in [-0.25, -0.2) is 0 Å². The van der Waals surface area contributed by atoms with Crippen LogP contribution in [0.15, 0.2) is 12.7 Å². The first kappa shape index (κ1) is 15.4. The lowest BCUT2D eigenvalue weighted by Crippen LogP contribution is -1.92. The first-order valence-electron chi connectivity index (χ1n) is 6.62. The van der Waals surface area contributed by atoms with Crippen molar-refractivity contribution in [3.63, 3.8) is 0 Å². The van der Waals surface area contributed by atoms with E-state index in [0.29, 0.717) is 6.42 Å². The maximum Gasteiger partial charge on any atom is 0.133 e. The second-order valence-corrected chi connectivity index (χ2v) is 4.83. The fraction of sp³-hybridized carbons (Fsp3) is 0.733. The van der Waals surface area contributed by atoms with Crippen LogP contribution in [0.3, 0.4) is 0 Å². The molecule has 16 heavy (non-hydrogen) atoms. The summed E-state index contributed by atoms with van der Waals surface area (Å²) >= 11 is 0. The quantitative estimate of drug-likeness (QED) is 0.366. The molecule has 0 saturated carbocycles. The van der Waals surface area contributed by atoms with Crippen LogP contribution in [0.1, 0.15) is 64.7 Å². The second kappa shape index (κ2) is 10.9. The van der Waals surface area contributed by atoms with Crippen LogP contribution in [0, 0.1) is 12.8 Å². The maximum atomic E-state index is 10.6. The zero-order valence-electron chi connectivity index (χ0n) is 10.8. The fourth-order valence-electron chi connectivity index (χ4n) is 1.92. The third-order valence-electron chi connectivity index (χ3n) is 2.97. The first-order valence-corrected chi connectivity index (χ1v) is 6.62. The van der Waals surface area contributed by atoms with Gasteiger partial charge in [-0.05, 0) is 18.8 Å². The minimum atomic E-state index is 0.0817. The third-order valence-corrected chi connectivity index (χ3v) is 2.97. The van der Waals surface area contributed by atoms with Crippen LogP contribution in [-0.4, -0.2) is 5.78 Å². The molecule has 0 heterocycles. The molecule has 0 N–H and O–H groups in total. The van der Waals surface area contributed by atoms with E-state index in [1.807, 2.05) is 6.08 Å². The van der Waals surface area contributed by atoms with E-state index in [1.54, 1.807) is 0 Å². The predicted octanol–water partition coefficient (Wildman–Crippen LogP) is 4.72. The second-order valence-electron chi connectivity index (χ2n) is 4.83. The zero-order chi connectivity index (χ0) is 12.2. The SMILES string of the molecule is [CH2]C(=O)CCCCCCCC[C@@H](C)CC=C. The molecule has 0 aromatic heterocycles. The van der Waals surface area contributed by atoms with E-state index < -0.39 is 0 Å². The van der Waals surface area contributed by atoms with Crippen LogP contribution in [0.2, 0.25) is 0 Å². The van der Waals surface area contributed by atoms with Gasteiger partial charge in [0.2, 0.25) is 0 Å². The van der Waals surface area contributed by atoms with Crippen molar-refractivity contribution < 1.29 is 4.79 Å². The van der Waals surface area contributed by atoms with E-state index in [-0.39, 0.29) is 5.78 Å². The number of carbonyl (C=O) groups excluding carboxylic acids is 1. The van der Waals surface area contributed by atoms with Crippen molar-refractivity contribution in [1.82, 2.24) is 0 Å². The van der Waals surface area contributed by atoms with Crippen molar-refractivity contribution in [3.8, 4) is 0 Å². The van der Waals surface area contributed by atoms with Gasteiger partial charge in [0, 0.05) is 13.3 Å². The number of ketones is 1. The summed E-state index contributed by atoms with van der Waals surface area (Å²) in [5, 5.41) is 0. The van der Waals surface area contributed by atoms with E-state index in [4.69, 9.17) is 0 Å². The van der Waals surface area contributed by atoms with Gasteiger partial charge in [-0.15, -0.1) is 6.58 Å². The van der Waals surface area contributed by atoms with Gasteiger partial charge in [-0.2, -0.15) is 0 Å². The smallest absolute Gasteiger partial charge is 0.133 e. The van der Waals surface area contributed by atoms with E-state index in [2.05, 4.69) is 20.4 Å². The molecule has 1 atom stereocenters. The minimum absolute atomic E-state index is 0.0817. The molecule has 0 aliphatic carbocycles. The molecule has 0 saturated heterocycles. The number of carbonyl (C=O) groups is 1. The summed E-state index contributed by atoms with van der Waals surface area (Å²) in [7, 11) is 0. The van der Waals surface area contributed by atoms with Crippen LogP contribution in [0.25, 0.3) is 0 Å². The number of hydrogen-bond donors (Lipinski definition) is 0. The Morgan fingerprint density at radius 2 is 1.69 bits per heavy atom. The average Bonchev–Trinajstić information content (AvgIpc) is 2.22. The molecule has 0 rings (SSSR count). The number of Topliss-reactive ketones (excluding diaryl/α,β-unsaturated/α-hetero) is 1. The summed E-state index contributed by atoms with van der Waals surface area (Å²) in [6.07, 6.45) is 12.6. The van der Waals surface area contributed by atoms with Gasteiger partial charge in [-0.1, -0.05) is 51.5 Å². The molecule has 0 aromatic rings. The Labute approximate surface area is 101 Å². The Balaban J connectivity index is 3.09. The molecule has 0 aliphatic heterocycles. The minimum Gasteiger partial charge on any atom is -0.300 e. The lowest BCUT2D eigenvalue weighted by atomic mass is 9.99. The van der Waals surface area contributed by atoms with Gasteiger partial charge in [-0.3, -0.25) is 4.79 Å². The average molecular weight is 223 g/mol. The summed E-state index contributed by atoms with van der Waals surface area (Å²) in [6.45, 7) is 9.43. The molecular formula is C15H27O. The molecule has 0 spiro atoms. The van der Waals surface area contributed by atoms with Crippen molar-refractivity contribution in [2.75, 3.05) is 0 Å². The highest BCUT2D eigenvalue weighted by atomic mass is 16.1. The van der Waals surface area contributed by atoms with Crippen molar-refractivity contribution in [2.45, 2.75) is 64.7 Å². The Morgan fingerprint density at radius 1 is 1.12 bits per heavy atom. The normalized spacial score (nSPS) is 12.4. The maximum absolute atomic E-state index is 10.6. The summed E-state index contributed by atoms with van der Waals surface area (Å²) < 4.78 is 0. The first-order chi connectivity index (χ1) is 7.66. The summed E-state index contributed by atoms with van der Waals surface area (Å²) in [4.78, 5) is 10.6.